The van der Waals surface area contributed by atoms with Gasteiger partial charge < -0.3 is 5.21 Å². The van der Waals surface area contributed by atoms with Crippen molar-refractivity contribution in [3.63, 3.8) is 0 Å². The lowest BCUT2D eigenvalue weighted by molar-refractivity contribution is 0.321. The van der Waals surface area contributed by atoms with Gasteiger partial charge in [0.25, 0.3) is 0 Å². The van der Waals surface area contributed by atoms with Crippen LogP contribution in [-0.4, -0.2) is 16.4 Å². The maximum atomic E-state index is 7.97. The number of nitrogens with zero attached hydrogens (tertiary/aromatic N) is 2. The zero-order valence-electron chi connectivity index (χ0n) is 3.98. The molecule has 0 bridgehead atoms. The second-order valence-electron chi connectivity index (χ2n) is 1.16. The molecule has 4 heteroatoms. The Morgan fingerprint density at radius 3 is 3.25 bits per heavy atom. The normalized spacial score (nSPS) is 10.5. The van der Waals surface area contributed by atoms with Gasteiger partial charge in [-0.15, -0.1) is 11.3 Å². The molecule has 1 aromatic rings. The van der Waals surface area contributed by atoms with Crippen LogP contribution in [-0.2, 0) is 0 Å². The number of aromatic nitrogens is 1. The molecule has 1 rings (SSSR count). The van der Waals surface area contributed by atoms with Gasteiger partial charge in [-0.05, 0) is 0 Å². The van der Waals surface area contributed by atoms with Crippen LogP contribution in [0, 0.1) is 0 Å². The largest absolute Gasteiger partial charge is 0.411 e. The van der Waals surface area contributed by atoms with Crippen LogP contribution in [0.3, 0.4) is 0 Å². The van der Waals surface area contributed by atoms with E-state index in [-0.39, 0.29) is 0 Å². The third kappa shape index (κ3) is 1.04. The van der Waals surface area contributed by atoms with Crippen LogP contribution >= 0.6 is 11.3 Å². The zero-order valence-corrected chi connectivity index (χ0v) is 4.80. The van der Waals surface area contributed by atoms with Gasteiger partial charge >= 0.3 is 0 Å². The fourth-order valence-corrected chi connectivity index (χ4v) is 0.849. The van der Waals surface area contributed by atoms with Crippen molar-refractivity contribution in [2.24, 2.45) is 5.16 Å². The monoisotopic (exact) mass is 128 g/mol. The minimum absolute atomic E-state index is 0.692. The van der Waals surface area contributed by atoms with Gasteiger partial charge in [-0.2, -0.15) is 0 Å². The Labute approximate surface area is 50.3 Å². The summed E-state index contributed by atoms with van der Waals surface area (Å²) in [7, 11) is 0. The molecule has 0 saturated carbocycles. The van der Waals surface area contributed by atoms with Crippen molar-refractivity contribution in [1.29, 1.82) is 0 Å². The zero-order chi connectivity index (χ0) is 5.82. The first-order valence-corrected chi connectivity index (χ1v) is 2.93. The third-order valence-electron chi connectivity index (χ3n) is 0.641. The van der Waals surface area contributed by atoms with E-state index in [9.17, 15) is 0 Å². The highest BCUT2D eigenvalue weighted by atomic mass is 32.1. The molecule has 42 valence electrons. The predicted molar refractivity (Wildman–Crippen MR) is 31.5 cm³/mol. The molecule has 0 aliphatic carbocycles. The molecule has 0 fully saturated rings. The van der Waals surface area contributed by atoms with E-state index in [1.165, 1.54) is 17.6 Å². The van der Waals surface area contributed by atoms with Gasteiger partial charge in [-0.3, -0.25) is 0 Å². The Bertz CT molecular complexity index is 170. The van der Waals surface area contributed by atoms with Crippen molar-refractivity contribution >= 4 is 17.6 Å². The van der Waals surface area contributed by atoms with E-state index < -0.39 is 0 Å². The fourth-order valence-electron chi connectivity index (χ4n) is 0.345. The number of oxime groups is 1. The predicted octanol–water partition coefficient (Wildman–Crippen LogP) is 0.951. The number of rotatable bonds is 1. The maximum Gasteiger partial charge on any atom is 0.0955 e. The van der Waals surface area contributed by atoms with E-state index >= 15 is 0 Å². The van der Waals surface area contributed by atoms with Gasteiger partial charge in [0, 0.05) is 5.38 Å². The molecule has 3 nitrogen and oxygen atoms in total. The highest BCUT2D eigenvalue weighted by molar-refractivity contribution is 7.07. The average molecular weight is 128 g/mol. The van der Waals surface area contributed by atoms with Crippen LogP contribution in [0.4, 0.5) is 0 Å². The summed E-state index contributed by atoms with van der Waals surface area (Å²) < 4.78 is 0. The molecule has 0 saturated heterocycles. The Morgan fingerprint density at radius 2 is 2.75 bits per heavy atom. The lowest BCUT2D eigenvalue weighted by atomic mass is 10.6. The van der Waals surface area contributed by atoms with E-state index in [0.29, 0.717) is 5.69 Å². The Morgan fingerprint density at radius 1 is 1.88 bits per heavy atom. The number of hydrogen-bond acceptors (Lipinski definition) is 4. The molecular formula is C4H4N2OS. The number of thiazole rings is 1. The van der Waals surface area contributed by atoms with Crippen molar-refractivity contribution < 1.29 is 5.21 Å². The van der Waals surface area contributed by atoms with Gasteiger partial charge in [0.1, 0.15) is 0 Å². The molecular weight excluding hydrogens is 124 g/mol. The van der Waals surface area contributed by atoms with E-state index in [2.05, 4.69) is 10.1 Å². The summed E-state index contributed by atoms with van der Waals surface area (Å²) in [4.78, 5) is 3.82. The van der Waals surface area contributed by atoms with Crippen LogP contribution in [0.25, 0.3) is 0 Å². The molecule has 0 aliphatic heterocycles. The Hall–Kier alpha value is -0.900. The molecule has 8 heavy (non-hydrogen) atoms. The van der Waals surface area contributed by atoms with E-state index in [0.717, 1.165) is 0 Å². The summed E-state index contributed by atoms with van der Waals surface area (Å²) in [6, 6.07) is 0. The lowest BCUT2D eigenvalue weighted by Gasteiger charge is -1.72. The van der Waals surface area contributed by atoms with Gasteiger partial charge in [0.2, 0.25) is 0 Å². The highest BCUT2D eigenvalue weighted by Crippen LogP contribution is 1.95. The molecule has 0 spiro atoms. The van der Waals surface area contributed by atoms with Crippen molar-refractivity contribution in [2.75, 3.05) is 0 Å². The lowest BCUT2D eigenvalue weighted by Crippen LogP contribution is -1.76. The Balaban J connectivity index is 2.77. The van der Waals surface area contributed by atoms with Crippen molar-refractivity contribution in [2.45, 2.75) is 0 Å². The summed E-state index contributed by atoms with van der Waals surface area (Å²) in [5.41, 5.74) is 2.37. The van der Waals surface area contributed by atoms with E-state index in [4.69, 9.17) is 5.21 Å². The van der Waals surface area contributed by atoms with Crippen molar-refractivity contribution in [1.82, 2.24) is 4.98 Å². The second-order valence-corrected chi connectivity index (χ2v) is 1.88. The summed E-state index contributed by atoms with van der Waals surface area (Å²) in [6.45, 7) is 0. The first kappa shape index (κ1) is 5.24. The van der Waals surface area contributed by atoms with Crippen LogP contribution < -0.4 is 0 Å². The Kier molecular flexibility index (Phi) is 1.58. The smallest absolute Gasteiger partial charge is 0.0955 e. The first-order chi connectivity index (χ1) is 3.93. The quantitative estimate of drug-likeness (QED) is 0.347. The third-order valence-corrected chi connectivity index (χ3v) is 1.25. The van der Waals surface area contributed by atoms with Crippen LogP contribution in [0.1, 0.15) is 5.69 Å². The topological polar surface area (TPSA) is 45.5 Å². The molecule has 1 aromatic heterocycles. The first-order valence-electron chi connectivity index (χ1n) is 1.99. The van der Waals surface area contributed by atoms with Crippen molar-refractivity contribution in [3.05, 3.63) is 16.6 Å². The minimum Gasteiger partial charge on any atom is -0.411 e. The second kappa shape index (κ2) is 2.42. The maximum absolute atomic E-state index is 7.97. The van der Waals surface area contributed by atoms with Gasteiger partial charge in [0.15, 0.2) is 0 Å². The standard InChI is InChI=1S/C4H4N2OS/c7-6-1-4-2-8-3-5-4/h1-3,7H/b6-1+. The minimum atomic E-state index is 0.692. The molecule has 0 radical (unpaired) electrons. The van der Waals surface area contributed by atoms with Gasteiger partial charge in [-0.25, -0.2) is 4.98 Å². The summed E-state index contributed by atoms with van der Waals surface area (Å²) in [5.74, 6) is 0. The molecule has 1 N–H and O–H groups in total. The van der Waals surface area contributed by atoms with Gasteiger partial charge in [0.05, 0.1) is 17.4 Å². The molecule has 0 amide bonds. The highest BCUT2D eigenvalue weighted by Gasteiger charge is 1.84. The molecule has 0 atom stereocenters. The summed E-state index contributed by atoms with van der Waals surface area (Å²) >= 11 is 1.47. The fraction of sp³-hybridized carbons (Fsp3) is 0. The molecule has 0 aromatic carbocycles. The van der Waals surface area contributed by atoms with E-state index in [1.807, 2.05) is 0 Å². The average Bonchev–Trinajstić information content (AvgIpc) is 2.19. The SMILES string of the molecule is O/N=C/c1cscn1. The van der Waals surface area contributed by atoms with Crippen molar-refractivity contribution in [3.8, 4) is 0 Å². The van der Waals surface area contributed by atoms with E-state index in [1.54, 1.807) is 10.9 Å². The van der Waals surface area contributed by atoms with Crippen LogP contribution in [0.15, 0.2) is 16.0 Å². The van der Waals surface area contributed by atoms with Gasteiger partial charge in [-0.1, -0.05) is 5.16 Å². The number of hydrogen-bond donors (Lipinski definition) is 1. The summed E-state index contributed by atoms with van der Waals surface area (Å²) in [5, 5.41) is 12.6. The summed E-state index contributed by atoms with van der Waals surface area (Å²) in [6.07, 6.45) is 1.29. The van der Waals surface area contributed by atoms with Crippen LogP contribution in [0.2, 0.25) is 0 Å². The molecule has 1 heterocycles. The van der Waals surface area contributed by atoms with Crippen LogP contribution in [0.5, 0.6) is 0 Å². The molecule has 0 unspecified atom stereocenters. The molecule has 0 aliphatic rings.